The van der Waals surface area contributed by atoms with Gasteiger partial charge in [0.05, 0.1) is 6.20 Å². The van der Waals surface area contributed by atoms with Gasteiger partial charge in [-0.2, -0.15) is 4.98 Å². The minimum atomic E-state index is -0.478. The molecular weight excluding hydrogens is 231 g/mol. The Bertz CT molecular complexity index is 525. The summed E-state index contributed by atoms with van der Waals surface area (Å²) < 4.78 is 13.5. The molecule has 0 aliphatic carbocycles. The molecule has 0 aliphatic rings. The van der Waals surface area contributed by atoms with E-state index in [0.29, 0.717) is 5.95 Å². The third kappa shape index (κ3) is 2.74. The van der Waals surface area contributed by atoms with E-state index in [2.05, 4.69) is 27.5 Å². The number of anilines is 3. The van der Waals surface area contributed by atoms with Gasteiger partial charge in [0.25, 0.3) is 0 Å². The lowest BCUT2D eigenvalue weighted by atomic mass is 10.1. The fraction of sp³-hybridized carbons (Fsp3) is 0.231. The van der Waals surface area contributed by atoms with Crippen molar-refractivity contribution < 1.29 is 4.39 Å². The molecule has 0 spiro atoms. The Kier molecular flexibility index (Phi) is 3.72. The van der Waals surface area contributed by atoms with Gasteiger partial charge in [0.1, 0.15) is 0 Å². The molecule has 0 saturated carbocycles. The number of nitrogens with one attached hydrogen (secondary N) is 2. The first kappa shape index (κ1) is 12.3. The van der Waals surface area contributed by atoms with E-state index in [9.17, 15) is 4.39 Å². The quantitative estimate of drug-likeness (QED) is 0.870. The van der Waals surface area contributed by atoms with Gasteiger partial charge in [0.2, 0.25) is 5.95 Å². The number of aromatic nitrogens is 2. The van der Waals surface area contributed by atoms with Crippen molar-refractivity contribution in [3.05, 3.63) is 41.8 Å². The van der Waals surface area contributed by atoms with Crippen LogP contribution in [0.4, 0.5) is 21.8 Å². The van der Waals surface area contributed by atoms with E-state index < -0.39 is 5.82 Å². The summed E-state index contributed by atoms with van der Waals surface area (Å²) in [5.41, 5.74) is 2.03. The second kappa shape index (κ2) is 5.44. The van der Waals surface area contributed by atoms with Gasteiger partial charge < -0.3 is 10.6 Å². The Labute approximate surface area is 105 Å². The van der Waals surface area contributed by atoms with Gasteiger partial charge in [-0.05, 0) is 24.1 Å². The van der Waals surface area contributed by atoms with Gasteiger partial charge in [-0.15, -0.1) is 0 Å². The van der Waals surface area contributed by atoms with Crippen molar-refractivity contribution >= 4 is 17.5 Å². The van der Waals surface area contributed by atoms with Crippen molar-refractivity contribution in [1.82, 2.24) is 9.97 Å². The van der Waals surface area contributed by atoms with Crippen LogP contribution >= 0.6 is 0 Å². The summed E-state index contributed by atoms with van der Waals surface area (Å²) >= 11 is 0. The zero-order valence-corrected chi connectivity index (χ0v) is 10.4. The number of rotatable bonds is 4. The monoisotopic (exact) mass is 246 g/mol. The summed E-state index contributed by atoms with van der Waals surface area (Å²) in [5.74, 6) is 0.0660. The van der Waals surface area contributed by atoms with Crippen LogP contribution in [0, 0.1) is 5.82 Å². The normalized spacial score (nSPS) is 10.2. The van der Waals surface area contributed by atoms with Crippen LogP contribution in [-0.4, -0.2) is 17.0 Å². The van der Waals surface area contributed by atoms with E-state index in [1.54, 1.807) is 7.05 Å². The highest BCUT2D eigenvalue weighted by Gasteiger charge is 2.06. The molecule has 0 amide bonds. The molecule has 1 aromatic carbocycles. The van der Waals surface area contributed by atoms with Crippen molar-refractivity contribution in [2.75, 3.05) is 17.7 Å². The minimum Gasteiger partial charge on any atom is -0.357 e. The predicted molar refractivity (Wildman–Crippen MR) is 70.6 cm³/mol. The van der Waals surface area contributed by atoms with Gasteiger partial charge in [0.15, 0.2) is 11.6 Å². The number of hydrogen-bond donors (Lipinski definition) is 2. The zero-order valence-electron chi connectivity index (χ0n) is 10.4. The molecule has 0 aliphatic heterocycles. The summed E-state index contributed by atoms with van der Waals surface area (Å²) in [5, 5.41) is 5.70. The first-order valence-electron chi connectivity index (χ1n) is 5.79. The first-order chi connectivity index (χ1) is 8.72. The van der Waals surface area contributed by atoms with Crippen molar-refractivity contribution in [3.8, 4) is 0 Å². The molecule has 0 unspecified atom stereocenters. The van der Waals surface area contributed by atoms with Crippen molar-refractivity contribution in [3.63, 3.8) is 0 Å². The fourth-order valence-electron chi connectivity index (χ4n) is 1.54. The number of halogens is 1. The van der Waals surface area contributed by atoms with Crippen molar-refractivity contribution in [1.29, 1.82) is 0 Å². The second-order valence-electron chi connectivity index (χ2n) is 3.82. The lowest BCUT2D eigenvalue weighted by Crippen LogP contribution is -2.02. The van der Waals surface area contributed by atoms with Crippen LogP contribution in [0.2, 0.25) is 0 Å². The van der Waals surface area contributed by atoms with E-state index in [-0.39, 0.29) is 5.82 Å². The molecule has 2 rings (SSSR count). The molecule has 94 valence electrons. The van der Waals surface area contributed by atoms with E-state index in [0.717, 1.165) is 18.3 Å². The average Bonchev–Trinajstić information content (AvgIpc) is 2.42. The molecule has 2 N–H and O–H groups in total. The van der Waals surface area contributed by atoms with Gasteiger partial charge in [0, 0.05) is 12.7 Å². The van der Waals surface area contributed by atoms with Gasteiger partial charge in [-0.25, -0.2) is 9.37 Å². The standard InChI is InChI=1S/C13H15FN4/c1-3-9-4-6-10(7-5-9)17-12-11(14)8-16-13(15-2)18-12/h4-8H,3H2,1-2H3,(H2,15,16,17,18). The highest BCUT2D eigenvalue weighted by molar-refractivity contribution is 5.57. The largest absolute Gasteiger partial charge is 0.357 e. The number of aryl methyl sites for hydroxylation is 1. The number of nitrogens with zero attached hydrogens (tertiary/aromatic N) is 2. The van der Waals surface area contributed by atoms with Crippen LogP contribution in [0.5, 0.6) is 0 Å². The average molecular weight is 246 g/mol. The third-order valence-corrected chi connectivity index (χ3v) is 2.59. The molecule has 0 fully saturated rings. The number of hydrogen-bond acceptors (Lipinski definition) is 4. The fourth-order valence-corrected chi connectivity index (χ4v) is 1.54. The summed E-state index contributed by atoms with van der Waals surface area (Å²) in [4.78, 5) is 7.81. The Morgan fingerprint density at radius 1 is 1.22 bits per heavy atom. The van der Waals surface area contributed by atoms with Crippen LogP contribution in [0.25, 0.3) is 0 Å². The molecule has 1 heterocycles. The van der Waals surface area contributed by atoms with Crippen molar-refractivity contribution in [2.45, 2.75) is 13.3 Å². The lowest BCUT2D eigenvalue weighted by molar-refractivity contribution is 0.619. The molecule has 5 heteroatoms. The number of benzene rings is 1. The molecule has 18 heavy (non-hydrogen) atoms. The Hall–Kier alpha value is -2.17. The zero-order chi connectivity index (χ0) is 13.0. The van der Waals surface area contributed by atoms with Crippen LogP contribution in [0.1, 0.15) is 12.5 Å². The van der Waals surface area contributed by atoms with Gasteiger partial charge in [-0.3, -0.25) is 0 Å². The highest BCUT2D eigenvalue weighted by Crippen LogP contribution is 2.18. The van der Waals surface area contributed by atoms with Gasteiger partial charge in [-0.1, -0.05) is 19.1 Å². The van der Waals surface area contributed by atoms with Crippen LogP contribution in [-0.2, 0) is 6.42 Å². The van der Waals surface area contributed by atoms with Crippen molar-refractivity contribution in [2.24, 2.45) is 0 Å². The molecule has 0 bridgehead atoms. The highest BCUT2D eigenvalue weighted by atomic mass is 19.1. The molecule has 1 aromatic heterocycles. The maximum absolute atomic E-state index is 13.5. The van der Waals surface area contributed by atoms with Gasteiger partial charge >= 0.3 is 0 Å². The molecule has 4 nitrogen and oxygen atoms in total. The third-order valence-electron chi connectivity index (χ3n) is 2.59. The smallest absolute Gasteiger partial charge is 0.224 e. The first-order valence-corrected chi connectivity index (χ1v) is 5.79. The summed E-state index contributed by atoms with van der Waals surface area (Å²) in [6.45, 7) is 2.09. The molecule has 2 aromatic rings. The van der Waals surface area contributed by atoms with E-state index in [1.165, 1.54) is 5.56 Å². The van der Waals surface area contributed by atoms with E-state index >= 15 is 0 Å². The topological polar surface area (TPSA) is 49.8 Å². The molecule has 0 saturated heterocycles. The SMILES string of the molecule is CCc1ccc(Nc2nc(NC)ncc2F)cc1. The maximum Gasteiger partial charge on any atom is 0.224 e. The summed E-state index contributed by atoms with van der Waals surface area (Å²) in [6.07, 6.45) is 2.12. The summed E-state index contributed by atoms with van der Waals surface area (Å²) in [7, 11) is 1.69. The predicted octanol–water partition coefficient (Wildman–Crippen LogP) is 2.96. The Morgan fingerprint density at radius 2 is 1.94 bits per heavy atom. The Morgan fingerprint density at radius 3 is 2.56 bits per heavy atom. The maximum atomic E-state index is 13.5. The molecular formula is C13H15FN4. The van der Waals surface area contributed by atoms with E-state index in [4.69, 9.17) is 0 Å². The second-order valence-corrected chi connectivity index (χ2v) is 3.82. The Balaban J connectivity index is 2.21. The van der Waals surface area contributed by atoms with E-state index in [1.807, 2.05) is 24.3 Å². The van der Waals surface area contributed by atoms with Crippen LogP contribution in [0.3, 0.4) is 0 Å². The molecule has 0 atom stereocenters. The molecule has 0 radical (unpaired) electrons. The van der Waals surface area contributed by atoms with Crippen LogP contribution in [0.15, 0.2) is 30.5 Å². The lowest BCUT2D eigenvalue weighted by Gasteiger charge is -2.08. The van der Waals surface area contributed by atoms with Crippen LogP contribution < -0.4 is 10.6 Å². The minimum absolute atomic E-state index is 0.165. The summed E-state index contributed by atoms with van der Waals surface area (Å²) in [6, 6.07) is 7.81.